The number of rotatable bonds is 4. The molecule has 1 N–H and O–H groups in total. The predicted molar refractivity (Wildman–Crippen MR) is 77.2 cm³/mol. The quantitative estimate of drug-likeness (QED) is 0.874. The molecule has 0 amide bonds. The first kappa shape index (κ1) is 14.0. The Hall–Kier alpha value is -0.410. The molecule has 2 rings (SSSR count). The second-order valence-corrected chi connectivity index (χ2v) is 6.00. The molecule has 1 nitrogen and oxygen atoms in total. The molecule has 0 aromatic heterocycles. The fourth-order valence-electron chi connectivity index (χ4n) is 2.97. The molecule has 0 aliphatic heterocycles. The minimum atomic E-state index is -0.147. The minimum absolute atomic E-state index is 0.147. The van der Waals surface area contributed by atoms with Crippen LogP contribution in [0.3, 0.4) is 0 Å². The van der Waals surface area contributed by atoms with E-state index < -0.39 is 0 Å². The van der Waals surface area contributed by atoms with Crippen molar-refractivity contribution in [1.29, 1.82) is 0 Å². The molecule has 1 fully saturated rings. The molecule has 18 heavy (non-hydrogen) atoms. The highest BCUT2D eigenvalue weighted by Crippen LogP contribution is 2.30. The molecule has 0 spiro atoms. The van der Waals surface area contributed by atoms with Crippen molar-refractivity contribution in [3.63, 3.8) is 0 Å². The zero-order chi connectivity index (χ0) is 13.0. The van der Waals surface area contributed by atoms with Gasteiger partial charge in [0.25, 0.3) is 0 Å². The van der Waals surface area contributed by atoms with E-state index >= 15 is 0 Å². The molecule has 1 aliphatic carbocycles. The zero-order valence-corrected chi connectivity index (χ0v) is 12.5. The van der Waals surface area contributed by atoms with Crippen molar-refractivity contribution in [3.05, 3.63) is 34.1 Å². The minimum Gasteiger partial charge on any atom is -0.314 e. The van der Waals surface area contributed by atoms with E-state index in [2.05, 4.69) is 28.2 Å². The van der Waals surface area contributed by atoms with Gasteiger partial charge in [-0.25, -0.2) is 4.39 Å². The van der Waals surface area contributed by atoms with Gasteiger partial charge in [-0.1, -0.05) is 31.9 Å². The van der Waals surface area contributed by atoms with Gasteiger partial charge in [-0.05, 0) is 59.3 Å². The van der Waals surface area contributed by atoms with Crippen LogP contribution in [0.2, 0.25) is 0 Å². The molecule has 0 heterocycles. The van der Waals surface area contributed by atoms with Gasteiger partial charge < -0.3 is 5.32 Å². The molecule has 1 saturated carbocycles. The van der Waals surface area contributed by atoms with Crippen LogP contribution in [0.15, 0.2) is 22.7 Å². The second kappa shape index (κ2) is 6.67. The van der Waals surface area contributed by atoms with E-state index in [1.54, 1.807) is 6.07 Å². The summed E-state index contributed by atoms with van der Waals surface area (Å²) in [6, 6.07) is 6.00. The van der Waals surface area contributed by atoms with Crippen molar-refractivity contribution in [2.75, 3.05) is 6.54 Å². The smallest absolute Gasteiger partial charge is 0.137 e. The molecule has 1 aromatic carbocycles. The fraction of sp³-hybridized carbons (Fsp3) is 0.600. The molecule has 2 unspecified atom stereocenters. The molecular weight excluding hydrogens is 293 g/mol. The van der Waals surface area contributed by atoms with Crippen molar-refractivity contribution in [2.45, 2.75) is 45.1 Å². The topological polar surface area (TPSA) is 12.0 Å². The van der Waals surface area contributed by atoms with E-state index in [1.807, 2.05) is 6.07 Å². The summed E-state index contributed by atoms with van der Waals surface area (Å²) in [6.07, 6.45) is 6.05. The normalized spacial score (nSPS) is 24.2. The number of hydrogen-bond donors (Lipinski definition) is 1. The molecule has 0 radical (unpaired) electrons. The first-order valence-corrected chi connectivity index (χ1v) is 7.66. The van der Waals surface area contributed by atoms with Crippen LogP contribution in [-0.4, -0.2) is 12.6 Å². The van der Waals surface area contributed by atoms with Gasteiger partial charge in [-0.15, -0.1) is 0 Å². The molecule has 100 valence electrons. The Kier molecular flexibility index (Phi) is 5.19. The van der Waals surface area contributed by atoms with Crippen LogP contribution in [0, 0.1) is 11.7 Å². The van der Waals surface area contributed by atoms with Gasteiger partial charge in [-0.3, -0.25) is 0 Å². The van der Waals surface area contributed by atoms with Gasteiger partial charge in [0.15, 0.2) is 0 Å². The third kappa shape index (κ3) is 3.55. The van der Waals surface area contributed by atoms with Crippen molar-refractivity contribution >= 4 is 15.9 Å². The number of nitrogens with one attached hydrogen (secondary N) is 1. The fourth-order valence-corrected chi connectivity index (χ4v) is 3.39. The second-order valence-electron chi connectivity index (χ2n) is 5.20. The summed E-state index contributed by atoms with van der Waals surface area (Å²) in [6.45, 7) is 3.20. The first-order chi connectivity index (χ1) is 8.70. The van der Waals surface area contributed by atoms with E-state index in [0.29, 0.717) is 16.4 Å². The van der Waals surface area contributed by atoms with Crippen molar-refractivity contribution in [2.24, 2.45) is 5.92 Å². The molecule has 1 aromatic rings. The zero-order valence-electron chi connectivity index (χ0n) is 10.9. The Balaban J connectivity index is 1.98. The van der Waals surface area contributed by atoms with Crippen molar-refractivity contribution < 1.29 is 4.39 Å². The Morgan fingerprint density at radius 3 is 3.00 bits per heavy atom. The predicted octanol–water partition coefficient (Wildman–Crippen LogP) is 4.30. The Labute approximate surface area is 117 Å². The average Bonchev–Trinajstić information content (AvgIpc) is 2.36. The highest BCUT2D eigenvalue weighted by Gasteiger charge is 2.22. The van der Waals surface area contributed by atoms with E-state index in [0.717, 1.165) is 18.5 Å². The van der Waals surface area contributed by atoms with Crippen LogP contribution in [-0.2, 0) is 6.42 Å². The lowest BCUT2D eigenvalue weighted by molar-refractivity contribution is 0.286. The number of hydrogen-bond acceptors (Lipinski definition) is 1. The summed E-state index contributed by atoms with van der Waals surface area (Å²) in [5.41, 5.74) is 1.11. The van der Waals surface area contributed by atoms with Crippen LogP contribution in [0.5, 0.6) is 0 Å². The molecular formula is C15H21BrFN. The maximum atomic E-state index is 13.5. The molecule has 1 aliphatic rings. The molecule has 0 bridgehead atoms. The molecule has 2 atom stereocenters. The monoisotopic (exact) mass is 313 g/mol. The lowest BCUT2D eigenvalue weighted by Crippen LogP contribution is -2.34. The van der Waals surface area contributed by atoms with E-state index in [9.17, 15) is 4.39 Å². The van der Waals surface area contributed by atoms with Crippen LogP contribution in [0.1, 0.15) is 38.2 Å². The Bertz CT molecular complexity index is 392. The van der Waals surface area contributed by atoms with Gasteiger partial charge in [0.05, 0.1) is 4.47 Å². The van der Waals surface area contributed by atoms with Crippen LogP contribution in [0.4, 0.5) is 4.39 Å². The summed E-state index contributed by atoms with van der Waals surface area (Å²) < 4.78 is 14.1. The lowest BCUT2D eigenvalue weighted by atomic mass is 9.82. The standard InChI is InChI=1S/C15H21BrFN/c1-2-18-13-7-3-5-11(10-13)9-12-6-4-8-14(17)15(12)16/h4,6,8,11,13,18H,2-3,5,7,9-10H2,1H3. The maximum absolute atomic E-state index is 13.5. The average molecular weight is 314 g/mol. The summed E-state index contributed by atoms with van der Waals surface area (Å²) in [7, 11) is 0. The lowest BCUT2D eigenvalue weighted by Gasteiger charge is -2.30. The van der Waals surface area contributed by atoms with Gasteiger partial charge >= 0.3 is 0 Å². The van der Waals surface area contributed by atoms with E-state index in [4.69, 9.17) is 0 Å². The maximum Gasteiger partial charge on any atom is 0.137 e. The van der Waals surface area contributed by atoms with Gasteiger partial charge in [0, 0.05) is 6.04 Å². The largest absolute Gasteiger partial charge is 0.314 e. The summed E-state index contributed by atoms with van der Waals surface area (Å²) in [5.74, 6) is 0.535. The van der Waals surface area contributed by atoms with Crippen molar-refractivity contribution in [3.8, 4) is 0 Å². The third-order valence-corrected chi connectivity index (χ3v) is 4.70. The van der Waals surface area contributed by atoms with Crippen LogP contribution in [0.25, 0.3) is 0 Å². The number of benzene rings is 1. The van der Waals surface area contributed by atoms with E-state index in [-0.39, 0.29) is 5.82 Å². The van der Waals surface area contributed by atoms with Crippen molar-refractivity contribution in [1.82, 2.24) is 5.32 Å². The van der Waals surface area contributed by atoms with Gasteiger partial charge in [0.2, 0.25) is 0 Å². The van der Waals surface area contributed by atoms with Gasteiger partial charge in [0.1, 0.15) is 5.82 Å². The van der Waals surface area contributed by atoms with Crippen LogP contribution >= 0.6 is 15.9 Å². The summed E-state index contributed by atoms with van der Waals surface area (Å²) >= 11 is 3.36. The van der Waals surface area contributed by atoms with E-state index in [1.165, 1.54) is 31.7 Å². The van der Waals surface area contributed by atoms with Gasteiger partial charge in [-0.2, -0.15) is 0 Å². The first-order valence-electron chi connectivity index (χ1n) is 6.87. The Morgan fingerprint density at radius 2 is 2.22 bits per heavy atom. The molecule has 0 saturated heterocycles. The highest BCUT2D eigenvalue weighted by molar-refractivity contribution is 9.10. The SMILES string of the molecule is CCNC1CCCC(Cc2cccc(F)c2Br)C1. The summed E-state index contributed by atoms with van der Waals surface area (Å²) in [5, 5.41) is 3.54. The van der Waals surface area contributed by atoms with Crippen LogP contribution < -0.4 is 5.32 Å². The molecule has 3 heteroatoms. The Morgan fingerprint density at radius 1 is 1.39 bits per heavy atom. The highest BCUT2D eigenvalue weighted by atomic mass is 79.9. The number of halogens is 2. The summed E-state index contributed by atoms with van der Waals surface area (Å²) in [4.78, 5) is 0. The third-order valence-electron chi connectivity index (χ3n) is 3.82.